The molecule has 0 saturated carbocycles. The molecule has 36 heavy (non-hydrogen) atoms. The third kappa shape index (κ3) is 5.39. The van der Waals surface area contributed by atoms with Crippen molar-refractivity contribution in [1.29, 1.82) is 0 Å². The number of rotatable bonds is 6. The van der Waals surface area contributed by atoms with Crippen molar-refractivity contribution in [3.05, 3.63) is 29.3 Å². The summed E-state index contributed by atoms with van der Waals surface area (Å²) < 4.78 is 31.7. The van der Waals surface area contributed by atoms with Crippen molar-refractivity contribution in [3.63, 3.8) is 0 Å². The number of benzene rings is 1. The number of hydrogen-bond donors (Lipinski definition) is 1. The second-order valence-corrected chi connectivity index (χ2v) is 9.68. The predicted octanol–water partition coefficient (Wildman–Crippen LogP) is 2.27. The molecule has 182 valence electrons. The minimum atomic E-state index is -1.95. The second-order valence-electron chi connectivity index (χ2n) is 9.68. The van der Waals surface area contributed by atoms with Gasteiger partial charge in [-0.15, -0.1) is 0 Å². The molecule has 0 aliphatic carbocycles. The van der Waals surface area contributed by atoms with Crippen LogP contribution in [0.5, 0.6) is 5.75 Å². The van der Waals surface area contributed by atoms with E-state index < -0.39 is 11.1 Å². The predicted molar refractivity (Wildman–Crippen MR) is 137 cm³/mol. The van der Waals surface area contributed by atoms with Crippen LogP contribution in [0.15, 0.2) is 16.7 Å². The summed E-state index contributed by atoms with van der Waals surface area (Å²) in [5, 5.41) is 6.26. The summed E-state index contributed by atoms with van der Waals surface area (Å²) >= 11 is 0. The average molecular weight is 485 g/mol. The molecule has 2 aliphatic heterocycles. The molecule has 2 fully saturated rings. The maximum Gasteiger partial charge on any atom is 0.261 e. The molecule has 3 aromatic rings. The van der Waals surface area contributed by atoms with E-state index in [0.29, 0.717) is 40.6 Å². The van der Waals surface area contributed by atoms with Gasteiger partial charge in [-0.25, -0.2) is 9.37 Å². The van der Waals surface area contributed by atoms with Crippen LogP contribution in [0.1, 0.15) is 37.1 Å². The Morgan fingerprint density at radius 1 is 1.11 bits per heavy atom. The molecule has 1 aromatic carbocycles. The molecular weight excluding hydrogens is 458 g/mol. The summed E-state index contributed by atoms with van der Waals surface area (Å²) in [5.41, 5.74) is 1.58. The van der Waals surface area contributed by atoms with Gasteiger partial charge < -0.3 is 24.2 Å². The number of nitrogens with one attached hydrogen (secondary N) is 1. The third-order valence-electron chi connectivity index (χ3n) is 6.72. The van der Waals surface area contributed by atoms with Gasteiger partial charge in [-0.3, -0.25) is 0 Å². The fourth-order valence-corrected chi connectivity index (χ4v) is 5.05. The largest absolute Gasteiger partial charge is 0.516 e. The first-order chi connectivity index (χ1) is 17.2. The number of anilines is 1. The Labute approximate surface area is 213 Å². The highest BCUT2D eigenvalue weighted by Gasteiger charge is 2.29. The summed E-state index contributed by atoms with van der Waals surface area (Å²) in [6.07, 6.45) is 4.08. The van der Waals surface area contributed by atoms with E-state index in [4.69, 9.17) is 42.5 Å². The van der Waals surface area contributed by atoms with Gasteiger partial charge in [0.25, 0.3) is 5.89 Å². The van der Waals surface area contributed by atoms with E-state index >= 15 is 4.39 Å². The monoisotopic (exact) mass is 485 g/mol. The number of aryl methyl sites for hydroxylation is 2. The molecule has 12 heteroatoms. The van der Waals surface area contributed by atoms with E-state index in [9.17, 15) is 0 Å². The summed E-state index contributed by atoms with van der Waals surface area (Å²) in [7, 11) is 16.7. The SMILES string of the molecule is [B]C([B])([B])Oc1cc(F)c2nc(N3CCC(NC4CCCOC4)CC3)c(-c3nc(C)no3)c(C)c2c1. The molecule has 5 rings (SSSR count). The number of piperidine rings is 1. The van der Waals surface area contributed by atoms with Crippen LogP contribution in [0.2, 0.25) is 0 Å². The summed E-state index contributed by atoms with van der Waals surface area (Å²) in [4.78, 5) is 11.4. The summed E-state index contributed by atoms with van der Waals surface area (Å²) in [6.45, 7) is 6.72. The van der Waals surface area contributed by atoms with Crippen molar-refractivity contribution in [3.8, 4) is 17.2 Å². The van der Waals surface area contributed by atoms with Gasteiger partial charge in [0.2, 0.25) is 0 Å². The van der Waals surface area contributed by atoms with Crippen molar-refractivity contribution in [1.82, 2.24) is 20.4 Å². The zero-order chi connectivity index (χ0) is 25.4. The Hall–Kier alpha value is -2.59. The highest BCUT2D eigenvalue weighted by atomic mass is 19.1. The van der Waals surface area contributed by atoms with Crippen LogP contribution in [0.4, 0.5) is 10.2 Å². The van der Waals surface area contributed by atoms with Crippen LogP contribution < -0.4 is 15.0 Å². The first kappa shape index (κ1) is 25.1. The molecule has 4 heterocycles. The molecule has 0 amide bonds. The Kier molecular flexibility index (Phi) is 7.00. The van der Waals surface area contributed by atoms with Crippen LogP contribution in [0.3, 0.4) is 0 Å². The number of nitrogens with zero attached hydrogens (tertiary/aromatic N) is 4. The van der Waals surface area contributed by atoms with E-state index in [2.05, 4.69) is 20.4 Å². The normalized spacial score (nSPS) is 19.6. The van der Waals surface area contributed by atoms with Crippen LogP contribution in [-0.2, 0) is 4.74 Å². The number of fused-ring (bicyclic) bond motifs is 1. The Bertz CT molecular complexity index is 1240. The lowest BCUT2D eigenvalue weighted by Crippen LogP contribution is -2.48. The highest BCUT2D eigenvalue weighted by Crippen LogP contribution is 2.39. The lowest BCUT2D eigenvalue weighted by molar-refractivity contribution is 0.0650. The van der Waals surface area contributed by atoms with Crippen molar-refractivity contribution in [2.24, 2.45) is 0 Å². The molecule has 1 N–H and O–H groups in total. The quantitative estimate of drug-likeness (QED) is 0.533. The Morgan fingerprint density at radius 3 is 2.53 bits per heavy atom. The molecule has 1 atom stereocenters. The maximum atomic E-state index is 15.3. The Balaban J connectivity index is 1.49. The van der Waals surface area contributed by atoms with Gasteiger partial charge in [0, 0.05) is 43.2 Å². The van der Waals surface area contributed by atoms with Crippen LogP contribution in [0, 0.1) is 19.7 Å². The van der Waals surface area contributed by atoms with Gasteiger partial charge in [0.15, 0.2) is 11.6 Å². The van der Waals surface area contributed by atoms with Crippen molar-refractivity contribution in [2.45, 2.75) is 56.9 Å². The van der Waals surface area contributed by atoms with Gasteiger partial charge in [-0.05, 0) is 56.5 Å². The Morgan fingerprint density at radius 2 is 1.89 bits per heavy atom. The minimum Gasteiger partial charge on any atom is -0.516 e. The second kappa shape index (κ2) is 10.1. The fraction of sp³-hybridized carbons (Fsp3) is 0.542. The van der Waals surface area contributed by atoms with Gasteiger partial charge >= 0.3 is 0 Å². The minimum absolute atomic E-state index is 0.0939. The van der Waals surface area contributed by atoms with E-state index in [1.54, 1.807) is 13.0 Å². The molecule has 2 aromatic heterocycles. The number of pyridine rings is 1. The van der Waals surface area contributed by atoms with Gasteiger partial charge in [-0.2, -0.15) is 4.98 Å². The van der Waals surface area contributed by atoms with Crippen molar-refractivity contribution in [2.75, 3.05) is 31.2 Å². The highest BCUT2D eigenvalue weighted by molar-refractivity contribution is 6.58. The summed E-state index contributed by atoms with van der Waals surface area (Å²) in [6, 6.07) is 3.58. The lowest BCUT2D eigenvalue weighted by Gasteiger charge is -2.36. The molecule has 6 radical (unpaired) electrons. The summed E-state index contributed by atoms with van der Waals surface area (Å²) in [5.74, 6) is 0.957. The molecule has 2 saturated heterocycles. The number of aromatic nitrogens is 3. The number of ether oxygens (including phenoxy) is 2. The smallest absolute Gasteiger partial charge is 0.261 e. The van der Waals surface area contributed by atoms with E-state index in [-0.39, 0.29) is 11.3 Å². The first-order valence-electron chi connectivity index (χ1n) is 12.3. The molecule has 8 nitrogen and oxygen atoms in total. The first-order valence-corrected chi connectivity index (χ1v) is 12.3. The molecular formula is C24H27B3FN5O3. The molecule has 2 aliphatic rings. The van der Waals surface area contributed by atoms with E-state index in [0.717, 1.165) is 57.6 Å². The average Bonchev–Trinajstić information content (AvgIpc) is 3.25. The standard InChI is InChI=1S/C24H27B3FN5O3/c1-13-18-10-17(35-24(25,26)27)11-19(28)21(18)31-22(20(13)23-29-14(2)32-36-23)33-7-5-15(6-8-33)30-16-4-3-9-34-12-16/h10-11,15-16,30H,3-9,12H2,1-2H3. The fourth-order valence-electron chi connectivity index (χ4n) is 5.05. The van der Waals surface area contributed by atoms with Crippen molar-refractivity contribution < 1.29 is 18.4 Å². The van der Waals surface area contributed by atoms with Crippen molar-refractivity contribution >= 4 is 40.3 Å². The third-order valence-corrected chi connectivity index (χ3v) is 6.72. The zero-order valence-corrected chi connectivity index (χ0v) is 20.6. The van der Waals surface area contributed by atoms with Crippen LogP contribution in [0.25, 0.3) is 22.4 Å². The molecule has 0 bridgehead atoms. The van der Waals surface area contributed by atoms with Crippen LogP contribution >= 0.6 is 0 Å². The van der Waals surface area contributed by atoms with E-state index in [1.807, 2.05) is 6.92 Å². The van der Waals surface area contributed by atoms with Gasteiger partial charge in [-0.1, -0.05) is 5.16 Å². The maximum absolute atomic E-state index is 15.3. The number of hydrogen-bond acceptors (Lipinski definition) is 8. The topological polar surface area (TPSA) is 85.5 Å². The molecule has 0 spiro atoms. The van der Waals surface area contributed by atoms with E-state index in [1.165, 1.54) is 6.07 Å². The zero-order valence-electron chi connectivity index (χ0n) is 20.6. The van der Waals surface area contributed by atoms with Crippen LogP contribution in [-0.4, -0.2) is 82.3 Å². The molecule has 1 unspecified atom stereocenters. The number of halogens is 1. The van der Waals surface area contributed by atoms with Gasteiger partial charge in [0.1, 0.15) is 40.6 Å². The lowest BCUT2D eigenvalue weighted by atomic mass is 9.52. The van der Waals surface area contributed by atoms with Gasteiger partial charge in [0.05, 0.1) is 12.2 Å².